The molecule has 4 aromatic carbocycles. The second-order valence-electron chi connectivity index (χ2n) is 10.1. The molecule has 0 fully saturated rings. The Morgan fingerprint density at radius 2 is 1.65 bits per heavy atom. The van der Waals surface area contributed by atoms with Crippen LogP contribution in [0.3, 0.4) is 0 Å². The van der Waals surface area contributed by atoms with E-state index in [1.54, 1.807) is 36.4 Å². The Bertz CT molecular complexity index is 1570. The van der Waals surface area contributed by atoms with Crippen LogP contribution in [0.1, 0.15) is 35.6 Å². The number of benzene rings is 4. The van der Waals surface area contributed by atoms with Gasteiger partial charge < -0.3 is 9.84 Å². The van der Waals surface area contributed by atoms with E-state index in [9.17, 15) is 18.7 Å². The van der Waals surface area contributed by atoms with Crippen molar-refractivity contribution in [3.63, 3.8) is 0 Å². The zero-order chi connectivity index (χ0) is 28.4. The Balaban J connectivity index is 1.37. The lowest BCUT2D eigenvalue weighted by atomic mass is 9.91. The number of aryl methyl sites for hydroxylation is 1. The molecule has 2 atom stereocenters. The standard InChI is InChI=1S/C33H30F2N2O3/c1-20-16-25(29-18-28(40-3)14-15-30(29)35)7-6-24(20)17-22-4-12-27(13-5-22)37-31(19-32(38)39)21(2)33(36-37)23-8-10-26(34)11-9-23/h4-16,18,21,31H,17,19H2,1-3H3,(H,38,39)/t21-,31-/m0/s1. The van der Waals surface area contributed by atoms with Crippen LogP contribution in [0.2, 0.25) is 0 Å². The molecule has 0 radical (unpaired) electrons. The van der Waals surface area contributed by atoms with Gasteiger partial charge in [0.2, 0.25) is 0 Å². The maximum Gasteiger partial charge on any atom is 0.305 e. The van der Waals surface area contributed by atoms with Crippen molar-refractivity contribution in [1.29, 1.82) is 0 Å². The third-order valence-corrected chi connectivity index (χ3v) is 7.48. The summed E-state index contributed by atoms with van der Waals surface area (Å²) in [5.41, 5.74) is 6.83. The molecule has 1 aliphatic heterocycles. The Labute approximate surface area is 232 Å². The third kappa shape index (κ3) is 5.59. The van der Waals surface area contributed by atoms with E-state index in [1.807, 2.05) is 56.3 Å². The number of aliphatic carboxylic acids is 1. The summed E-state index contributed by atoms with van der Waals surface area (Å²) in [4.78, 5) is 11.7. The second kappa shape index (κ2) is 11.3. The van der Waals surface area contributed by atoms with E-state index in [0.29, 0.717) is 17.7 Å². The van der Waals surface area contributed by atoms with Gasteiger partial charge in [-0.3, -0.25) is 9.80 Å². The topological polar surface area (TPSA) is 62.1 Å². The quantitative estimate of drug-likeness (QED) is 0.256. The van der Waals surface area contributed by atoms with Gasteiger partial charge in [-0.25, -0.2) is 8.78 Å². The number of carboxylic acid groups (broad SMARTS) is 1. The maximum atomic E-state index is 14.5. The number of carbonyl (C=O) groups is 1. The fourth-order valence-electron chi connectivity index (χ4n) is 5.21. The van der Waals surface area contributed by atoms with E-state index in [2.05, 4.69) is 0 Å². The van der Waals surface area contributed by atoms with Crippen LogP contribution in [0.5, 0.6) is 5.75 Å². The van der Waals surface area contributed by atoms with Gasteiger partial charge in [-0.1, -0.05) is 49.4 Å². The lowest BCUT2D eigenvalue weighted by Crippen LogP contribution is -2.34. The molecule has 7 heteroatoms. The molecule has 204 valence electrons. The SMILES string of the molecule is COc1ccc(F)c(-c2ccc(Cc3ccc(N4N=C(c5ccc(F)cc5)[C@@H](C)[C@@H]4CC(=O)O)cc3)c(C)c2)c1. The lowest BCUT2D eigenvalue weighted by molar-refractivity contribution is -0.137. The first-order chi connectivity index (χ1) is 19.2. The van der Waals surface area contributed by atoms with Crippen molar-refractivity contribution in [3.05, 3.63) is 119 Å². The van der Waals surface area contributed by atoms with Gasteiger partial charge in [0, 0.05) is 11.5 Å². The molecule has 1 aliphatic rings. The molecule has 4 aromatic rings. The van der Waals surface area contributed by atoms with Crippen molar-refractivity contribution in [2.45, 2.75) is 32.7 Å². The van der Waals surface area contributed by atoms with Crippen molar-refractivity contribution in [3.8, 4) is 16.9 Å². The molecule has 5 rings (SSSR count). The van der Waals surface area contributed by atoms with Gasteiger partial charge in [-0.2, -0.15) is 5.10 Å². The monoisotopic (exact) mass is 540 g/mol. The summed E-state index contributed by atoms with van der Waals surface area (Å²) in [5.74, 6) is -1.09. The van der Waals surface area contributed by atoms with Crippen molar-refractivity contribution in [2.75, 3.05) is 12.1 Å². The summed E-state index contributed by atoms with van der Waals surface area (Å²) >= 11 is 0. The van der Waals surface area contributed by atoms with Crippen molar-refractivity contribution < 1.29 is 23.4 Å². The van der Waals surface area contributed by atoms with Crippen LogP contribution in [0, 0.1) is 24.5 Å². The normalized spacial score (nSPS) is 16.6. The summed E-state index contributed by atoms with van der Waals surface area (Å²) in [6.45, 7) is 3.97. The number of methoxy groups -OCH3 is 1. The fraction of sp³-hybridized carbons (Fsp3) is 0.212. The van der Waals surface area contributed by atoms with Gasteiger partial charge in [0.1, 0.15) is 17.4 Å². The molecule has 5 nitrogen and oxygen atoms in total. The number of ether oxygens (including phenoxy) is 1. The highest BCUT2D eigenvalue weighted by Crippen LogP contribution is 2.34. The van der Waals surface area contributed by atoms with Crippen molar-refractivity contribution in [1.82, 2.24) is 0 Å². The molecule has 0 aliphatic carbocycles. The Morgan fingerprint density at radius 1 is 0.950 bits per heavy atom. The van der Waals surface area contributed by atoms with Gasteiger partial charge in [0.05, 0.1) is 31.0 Å². The third-order valence-electron chi connectivity index (χ3n) is 7.48. The molecular weight excluding hydrogens is 510 g/mol. The molecule has 0 aromatic heterocycles. The number of carboxylic acids is 1. The average molecular weight is 541 g/mol. The number of hydrogen-bond acceptors (Lipinski definition) is 4. The first-order valence-corrected chi connectivity index (χ1v) is 13.1. The number of rotatable bonds is 8. The molecule has 40 heavy (non-hydrogen) atoms. The highest BCUT2D eigenvalue weighted by molar-refractivity contribution is 6.05. The number of anilines is 1. The van der Waals surface area contributed by atoms with Crippen LogP contribution in [-0.2, 0) is 11.2 Å². The predicted molar refractivity (Wildman–Crippen MR) is 153 cm³/mol. The first-order valence-electron chi connectivity index (χ1n) is 13.1. The minimum Gasteiger partial charge on any atom is -0.497 e. The van der Waals surface area contributed by atoms with Gasteiger partial charge in [-0.05, 0) is 83.6 Å². The van der Waals surface area contributed by atoms with Gasteiger partial charge >= 0.3 is 5.97 Å². The van der Waals surface area contributed by atoms with E-state index in [-0.39, 0.29) is 30.0 Å². The lowest BCUT2D eigenvalue weighted by Gasteiger charge is -2.25. The Hall–Kier alpha value is -4.52. The number of hydrogen-bond donors (Lipinski definition) is 1. The van der Waals surface area contributed by atoms with E-state index < -0.39 is 5.97 Å². The Kier molecular flexibility index (Phi) is 7.65. The van der Waals surface area contributed by atoms with E-state index in [4.69, 9.17) is 9.84 Å². The summed E-state index contributed by atoms with van der Waals surface area (Å²) in [6, 6.07) is 24.3. The summed E-state index contributed by atoms with van der Waals surface area (Å²) in [5, 5.41) is 16.1. The predicted octanol–water partition coefficient (Wildman–Crippen LogP) is 7.24. The number of halogens is 2. The molecule has 1 heterocycles. The van der Waals surface area contributed by atoms with Crippen molar-refractivity contribution in [2.24, 2.45) is 11.0 Å². The molecule has 1 N–H and O–H groups in total. The van der Waals surface area contributed by atoms with Gasteiger partial charge in [-0.15, -0.1) is 0 Å². The van der Waals surface area contributed by atoms with Crippen LogP contribution in [0.15, 0.2) is 90.0 Å². The zero-order valence-corrected chi connectivity index (χ0v) is 22.6. The van der Waals surface area contributed by atoms with Crippen LogP contribution < -0.4 is 9.75 Å². The minimum absolute atomic E-state index is 0.0729. The molecular formula is C33H30F2N2O3. The first kappa shape index (κ1) is 27.1. The Morgan fingerprint density at radius 3 is 2.30 bits per heavy atom. The zero-order valence-electron chi connectivity index (χ0n) is 22.6. The summed E-state index contributed by atoms with van der Waals surface area (Å²) < 4.78 is 33.2. The average Bonchev–Trinajstić information content (AvgIpc) is 3.26. The van der Waals surface area contributed by atoms with Crippen LogP contribution in [0.4, 0.5) is 14.5 Å². The van der Waals surface area contributed by atoms with Crippen LogP contribution >= 0.6 is 0 Å². The minimum atomic E-state index is -0.901. The largest absolute Gasteiger partial charge is 0.497 e. The van der Waals surface area contributed by atoms with E-state index in [0.717, 1.165) is 39.2 Å². The van der Waals surface area contributed by atoms with Crippen LogP contribution in [0.25, 0.3) is 11.1 Å². The van der Waals surface area contributed by atoms with Crippen LogP contribution in [-0.4, -0.2) is 29.9 Å². The van der Waals surface area contributed by atoms with E-state index >= 15 is 0 Å². The number of hydrazone groups is 1. The highest BCUT2D eigenvalue weighted by Gasteiger charge is 2.37. The van der Waals surface area contributed by atoms with Crippen molar-refractivity contribution >= 4 is 17.4 Å². The van der Waals surface area contributed by atoms with Gasteiger partial charge in [0.25, 0.3) is 0 Å². The second-order valence-corrected chi connectivity index (χ2v) is 10.1. The molecule has 0 saturated carbocycles. The molecule has 0 saturated heterocycles. The summed E-state index contributed by atoms with van der Waals surface area (Å²) in [7, 11) is 1.56. The molecule has 0 unspecified atom stereocenters. The number of nitrogens with zero attached hydrogens (tertiary/aromatic N) is 2. The highest BCUT2D eigenvalue weighted by atomic mass is 19.1. The fourth-order valence-corrected chi connectivity index (χ4v) is 5.21. The smallest absolute Gasteiger partial charge is 0.305 e. The molecule has 0 amide bonds. The maximum absolute atomic E-state index is 14.5. The molecule has 0 bridgehead atoms. The van der Waals surface area contributed by atoms with Gasteiger partial charge in [0.15, 0.2) is 0 Å². The molecule has 0 spiro atoms. The summed E-state index contributed by atoms with van der Waals surface area (Å²) in [6.07, 6.45) is 0.614. The van der Waals surface area contributed by atoms with E-state index in [1.165, 1.54) is 18.2 Å².